The Morgan fingerprint density at radius 1 is 0.889 bits per heavy atom. The number of hydrogen-bond donors (Lipinski definition) is 1. The smallest absolute Gasteiger partial charge is 0.262 e. The molecular formula is C22H20ClNO3. The summed E-state index contributed by atoms with van der Waals surface area (Å²) < 4.78 is 11.4. The fraction of sp³-hybridized carbons (Fsp3) is 0.136. The third-order valence-electron chi connectivity index (χ3n) is 3.73. The van der Waals surface area contributed by atoms with Crippen LogP contribution in [0.1, 0.15) is 11.1 Å². The van der Waals surface area contributed by atoms with E-state index in [0.29, 0.717) is 22.2 Å². The standard InChI is InChI=1S/C22H20ClNO3/c1-15-10-16(2)12-21(11-15)27-20-8-6-19(7-9-20)26-14-22(25)24-18-5-3-4-17(23)13-18/h3-13H,14H2,1-2H3,(H,24,25). The molecule has 138 valence electrons. The van der Waals surface area contributed by atoms with Crippen LogP contribution in [0, 0.1) is 13.8 Å². The molecule has 27 heavy (non-hydrogen) atoms. The summed E-state index contributed by atoms with van der Waals surface area (Å²) in [5, 5.41) is 3.30. The molecule has 0 atom stereocenters. The summed E-state index contributed by atoms with van der Waals surface area (Å²) in [4.78, 5) is 12.0. The third kappa shape index (κ3) is 5.76. The number of ether oxygens (including phenoxy) is 2. The van der Waals surface area contributed by atoms with Crippen molar-refractivity contribution in [1.82, 2.24) is 0 Å². The van der Waals surface area contributed by atoms with Gasteiger partial charge in [-0.1, -0.05) is 23.7 Å². The van der Waals surface area contributed by atoms with E-state index in [1.54, 1.807) is 36.4 Å². The second kappa shape index (κ2) is 8.60. The van der Waals surface area contributed by atoms with Crippen LogP contribution in [0.25, 0.3) is 0 Å². The van der Waals surface area contributed by atoms with Gasteiger partial charge in [-0.25, -0.2) is 0 Å². The van der Waals surface area contributed by atoms with Crippen molar-refractivity contribution in [3.8, 4) is 17.2 Å². The van der Waals surface area contributed by atoms with E-state index in [1.807, 2.05) is 38.1 Å². The fourth-order valence-corrected chi connectivity index (χ4v) is 2.83. The second-order valence-corrected chi connectivity index (χ2v) is 6.68. The first-order chi connectivity index (χ1) is 13.0. The van der Waals surface area contributed by atoms with Crippen LogP contribution in [0.5, 0.6) is 17.2 Å². The number of benzene rings is 3. The van der Waals surface area contributed by atoms with E-state index in [0.717, 1.165) is 16.9 Å². The van der Waals surface area contributed by atoms with E-state index in [1.165, 1.54) is 0 Å². The van der Waals surface area contributed by atoms with Gasteiger partial charge in [-0.05, 0) is 79.6 Å². The van der Waals surface area contributed by atoms with Crippen molar-refractivity contribution in [3.05, 3.63) is 82.9 Å². The summed E-state index contributed by atoms with van der Waals surface area (Å²) >= 11 is 5.90. The van der Waals surface area contributed by atoms with Crippen LogP contribution in [-0.2, 0) is 4.79 Å². The molecule has 4 nitrogen and oxygen atoms in total. The van der Waals surface area contributed by atoms with Crippen molar-refractivity contribution >= 4 is 23.2 Å². The summed E-state index contributed by atoms with van der Waals surface area (Å²) in [6, 6.07) is 20.2. The first kappa shape index (κ1) is 18.8. The molecule has 0 aromatic heterocycles. The number of rotatable bonds is 6. The van der Waals surface area contributed by atoms with Crippen molar-refractivity contribution in [3.63, 3.8) is 0 Å². The van der Waals surface area contributed by atoms with E-state index in [9.17, 15) is 4.79 Å². The number of carbonyl (C=O) groups is 1. The number of nitrogens with one attached hydrogen (secondary N) is 1. The minimum Gasteiger partial charge on any atom is -0.484 e. The van der Waals surface area contributed by atoms with E-state index in [2.05, 4.69) is 11.4 Å². The van der Waals surface area contributed by atoms with Gasteiger partial charge in [-0.2, -0.15) is 0 Å². The van der Waals surface area contributed by atoms with Crippen molar-refractivity contribution in [2.45, 2.75) is 13.8 Å². The Bertz CT molecular complexity index is 918. The van der Waals surface area contributed by atoms with E-state index in [4.69, 9.17) is 21.1 Å². The number of halogens is 1. The summed E-state index contributed by atoms with van der Waals surface area (Å²) in [6.45, 7) is 3.97. The average Bonchev–Trinajstić information content (AvgIpc) is 2.60. The first-order valence-electron chi connectivity index (χ1n) is 8.52. The lowest BCUT2D eigenvalue weighted by Crippen LogP contribution is -2.20. The lowest BCUT2D eigenvalue weighted by atomic mass is 10.1. The molecule has 3 aromatic rings. The van der Waals surface area contributed by atoms with Crippen LogP contribution in [0.3, 0.4) is 0 Å². The fourth-order valence-electron chi connectivity index (χ4n) is 2.64. The number of hydrogen-bond acceptors (Lipinski definition) is 3. The maximum absolute atomic E-state index is 12.0. The number of anilines is 1. The summed E-state index contributed by atoms with van der Waals surface area (Å²) in [5.41, 5.74) is 2.93. The molecule has 0 aliphatic carbocycles. The molecule has 1 amide bonds. The average molecular weight is 382 g/mol. The largest absolute Gasteiger partial charge is 0.484 e. The molecule has 5 heteroatoms. The highest BCUT2D eigenvalue weighted by Gasteiger charge is 2.05. The van der Waals surface area contributed by atoms with Crippen LogP contribution in [0.15, 0.2) is 66.7 Å². The lowest BCUT2D eigenvalue weighted by molar-refractivity contribution is -0.118. The molecule has 0 aliphatic heterocycles. The maximum Gasteiger partial charge on any atom is 0.262 e. The highest BCUT2D eigenvalue weighted by molar-refractivity contribution is 6.30. The van der Waals surface area contributed by atoms with E-state index >= 15 is 0 Å². The lowest BCUT2D eigenvalue weighted by Gasteiger charge is -2.10. The van der Waals surface area contributed by atoms with Gasteiger partial charge in [0, 0.05) is 10.7 Å². The predicted molar refractivity (Wildman–Crippen MR) is 108 cm³/mol. The molecule has 0 fully saturated rings. The molecule has 0 heterocycles. The van der Waals surface area contributed by atoms with Crippen LogP contribution < -0.4 is 14.8 Å². The van der Waals surface area contributed by atoms with Crippen LogP contribution in [-0.4, -0.2) is 12.5 Å². The van der Waals surface area contributed by atoms with Gasteiger partial charge in [0.2, 0.25) is 0 Å². The number of carbonyl (C=O) groups excluding carboxylic acids is 1. The normalized spacial score (nSPS) is 10.3. The van der Waals surface area contributed by atoms with Crippen LogP contribution in [0.4, 0.5) is 5.69 Å². The van der Waals surface area contributed by atoms with E-state index in [-0.39, 0.29) is 12.5 Å². The number of amides is 1. The highest BCUT2D eigenvalue weighted by Crippen LogP contribution is 2.25. The molecule has 0 saturated heterocycles. The molecule has 1 N–H and O–H groups in total. The Morgan fingerprint density at radius 3 is 2.22 bits per heavy atom. The highest BCUT2D eigenvalue weighted by atomic mass is 35.5. The van der Waals surface area contributed by atoms with Gasteiger partial charge in [0.15, 0.2) is 6.61 Å². The van der Waals surface area contributed by atoms with Crippen molar-refractivity contribution in [1.29, 1.82) is 0 Å². The van der Waals surface area contributed by atoms with Gasteiger partial charge in [0.05, 0.1) is 0 Å². The SMILES string of the molecule is Cc1cc(C)cc(Oc2ccc(OCC(=O)Nc3cccc(Cl)c3)cc2)c1. The zero-order valence-electron chi connectivity index (χ0n) is 15.2. The van der Waals surface area contributed by atoms with Gasteiger partial charge in [-0.15, -0.1) is 0 Å². The third-order valence-corrected chi connectivity index (χ3v) is 3.97. The Kier molecular flexibility index (Phi) is 5.99. The zero-order chi connectivity index (χ0) is 19.2. The summed E-state index contributed by atoms with van der Waals surface area (Å²) in [6.07, 6.45) is 0. The maximum atomic E-state index is 12.0. The first-order valence-corrected chi connectivity index (χ1v) is 8.90. The molecule has 0 bridgehead atoms. The molecule has 3 rings (SSSR count). The van der Waals surface area contributed by atoms with Crippen molar-refractivity contribution < 1.29 is 14.3 Å². The van der Waals surface area contributed by atoms with Crippen LogP contribution in [0.2, 0.25) is 5.02 Å². The van der Waals surface area contributed by atoms with Gasteiger partial charge in [0.25, 0.3) is 5.91 Å². The molecule has 0 unspecified atom stereocenters. The topological polar surface area (TPSA) is 47.6 Å². The molecule has 0 radical (unpaired) electrons. The minimum absolute atomic E-state index is 0.0935. The second-order valence-electron chi connectivity index (χ2n) is 6.24. The molecule has 0 aliphatic rings. The van der Waals surface area contributed by atoms with Gasteiger partial charge in [-0.3, -0.25) is 4.79 Å². The monoisotopic (exact) mass is 381 g/mol. The summed E-state index contributed by atoms with van der Waals surface area (Å²) in [7, 11) is 0. The van der Waals surface area contributed by atoms with Gasteiger partial charge in [0.1, 0.15) is 17.2 Å². The minimum atomic E-state index is -0.257. The molecule has 3 aromatic carbocycles. The molecular weight excluding hydrogens is 362 g/mol. The van der Waals surface area contributed by atoms with Crippen molar-refractivity contribution in [2.24, 2.45) is 0 Å². The van der Waals surface area contributed by atoms with Crippen molar-refractivity contribution in [2.75, 3.05) is 11.9 Å². The number of aryl methyl sites for hydroxylation is 2. The van der Waals surface area contributed by atoms with Gasteiger partial charge >= 0.3 is 0 Å². The van der Waals surface area contributed by atoms with E-state index < -0.39 is 0 Å². The Morgan fingerprint density at radius 2 is 1.56 bits per heavy atom. The quantitative estimate of drug-likeness (QED) is 0.589. The Balaban J connectivity index is 1.53. The van der Waals surface area contributed by atoms with Crippen LogP contribution >= 0.6 is 11.6 Å². The molecule has 0 saturated carbocycles. The van der Waals surface area contributed by atoms with Gasteiger partial charge < -0.3 is 14.8 Å². The Labute approximate surface area is 163 Å². The summed E-state index contributed by atoms with van der Waals surface area (Å²) in [5.74, 6) is 1.83. The molecule has 0 spiro atoms. The predicted octanol–water partition coefficient (Wildman–Crippen LogP) is 5.77. The zero-order valence-corrected chi connectivity index (χ0v) is 15.9. The Hall–Kier alpha value is -2.98.